The number of benzene rings is 5. The number of nitrogens with zero attached hydrogens (tertiary/aromatic N) is 1. The molecule has 51 heavy (non-hydrogen) atoms. The Kier molecular flexibility index (Phi) is 11.8. The summed E-state index contributed by atoms with van der Waals surface area (Å²) in [6.07, 6.45) is 10.2. The van der Waals surface area contributed by atoms with E-state index in [1.807, 2.05) is 36.4 Å². The van der Waals surface area contributed by atoms with Crippen LogP contribution in [0.4, 0.5) is 0 Å². The number of aryl methyl sites for hydroxylation is 4. The van der Waals surface area contributed by atoms with Gasteiger partial charge in [0.15, 0.2) is 0 Å². The van der Waals surface area contributed by atoms with Gasteiger partial charge in [-0.3, -0.25) is 0 Å². The van der Waals surface area contributed by atoms with Crippen molar-refractivity contribution in [3.8, 4) is 5.75 Å². The first-order valence-electron chi connectivity index (χ1n) is 18.3. The van der Waals surface area contributed by atoms with Gasteiger partial charge in [-0.25, -0.2) is 9.59 Å². The van der Waals surface area contributed by atoms with Crippen molar-refractivity contribution in [3.63, 3.8) is 0 Å². The highest BCUT2D eigenvalue weighted by Gasteiger charge is 2.21. The number of aromatic nitrogens is 1. The van der Waals surface area contributed by atoms with E-state index < -0.39 is 11.9 Å². The Balaban J connectivity index is 1.30. The van der Waals surface area contributed by atoms with Crippen LogP contribution in [0.1, 0.15) is 94.0 Å². The molecule has 1 aromatic heterocycles. The molecule has 0 aliphatic heterocycles. The predicted octanol–water partition coefficient (Wildman–Crippen LogP) is 10.5. The highest BCUT2D eigenvalue weighted by atomic mass is 16.5. The van der Waals surface area contributed by atoms with Crippen molar-refractivity contribution in [1.29, 1.82) is 0 Å². The van der Waals surface area contributed by atoms with E-state index in [0.717, 1.165) is 78.1 Å². The second-order valence-electron chi connectivity index (χ2n) is 13.5. The molecule has 1 heterocycles. The number of rotatable bonds is 18. The normalized spacial score (nSPS) is 11.3. The number of fused-ring (bicyclic) bond motifs is 3. The number of ether oxygens (including phenoxy) is 1. The minimum absolute atomic E-state index is 0.279. The van der Waals surface area contributed by atoms with Crippen molar-refractivity contribution in [2.45, 2.75) is 77.7 Å². The second kappa shape index (κ2) is 17.0. The van der Waals surface area contributed by atoms with Crippen molar-refractivity contribution in [1.82, 2.24) is 4.57 Å². The van der Waals surface area contributed by atoms with E-state index in [-0.39, 0.29) is 5.56 Å². The van der Waals surface area contributed by atoms with Crippen LogP contribution in [0, 0.1) is 0 Å². The Morgan fingerprint density at radius 2 is 1.29 bits per heavy atom. The Hall–Kier alpha value is -5.36. The molecule has 0 bridgehead atoms. The molecule has 0 unspecified atom stereocenters. The van der Waals surface area contributed by atoms with Crippen molar-refractivity contribution >= 4 is 33.7 Å². The van der Waals surface area contributed by atoms with Gasteiger partial charge in [0.05, 0.1) is 28.8 Å². The number of carboxylic acids is 2. The zero-order valence-corrected chi connectivity index (χ0v) is 29.4. The topological polar surface area (TPSA) is 88.8 Å². The average Bonchev–Trinajstić information content (AvgIpc) is 3.46. The number of hydrogen-bond donors (Lipinski definition) is 2. The number of hydrogen-bond acceptors (Lipinski definition) is 3. The summed E-state index contributed by atoms with van der Waals surface area (Å²) >= 11 is 0. The summed E-state index contributed by atoms with van der Waals surface area (Å²) in [7, 11) is 0. The lowest BCUT2D eigenvalue weighted by atomic mass is 10.0. The van der Waals surface area contributed by atoms with Crippen molar-refractivity contribution < 1.29 is 24.5 Å². The highest BCUT2D eigenvalue weighted by Crippen LogP contribution is 2.38. The van der Waals surface area contributed by atoms with E-state index in [4.69, 9.17) is 4.74 Å². The molecule has 0 fully saturated rings. The van der Waals surface area contributed by atoms with Crippen LogP contribution >= 0.6 is 0 Å². The first-order chi connectivity index (χ1) is 24.9. The summed E-state index contributed by atoms with van der Waals surface area (Å²) in [5, 5.41) is 21.2. The average molecular weight is 682 g/mol. The number of carbonyl (C=O) groups is 2. The van der Waals surface area contributed by atoms with Gasteiger partial charge in [-0.2, -0.15) is 0 Å². The van der Waals surface area contributed by atoms with Gasteiger partial charge >= 0.3 is 11.9 Å². The third kappa shape index (κ3) is 8.87. The van der Waals surface area contributed by atoms with Crippen LogP contribution in [0.5, 0.6) is 5.75 Å². The van der Waals surface area contributed by atoms with Crippen molar-refractivity contribution in [3.05, 3.63) is 148 Å². The molecular formula is C45H47NO5. The maximum Gasteiger partial charge on any atom is 0.336 e. The quantitative estimate of drug-likeness (QED) is 0.0882. The van der Waals surface area contributed by atoms with Gasteiger partial charge < -0.3 is 19.5 Å². The van der Waals surface area contributed by atoms with Crippen LogP contribution in [0.2, 0.25) is 0 Å². The molecule has 0 amide bonds. The fraction of sp³-hybridized carbons (Fsp3) is 0.289. The summed E-state index contributed by atoms with van der Waals surface area (Å²) in [4.78, 5) is 23.8. The molecule has 0 saturated carbocycles. The Morgan fingerprint density at radius 1 is 0.627 bits per heavy atom. The van der Waals surface area contributed by atoms with Gasteiger partial charge in [-0.15, -0.1) is 0 Å². The van der Waals surface area contributed by atoms with Gasteiger partial charge in [0.25, 0.3) is 0 Å². The molecule has 6 heteroatoms. The first-order valence-corrected chi connectivity index (χ1v) is 18.3. The molecule has 6 nitrogen and oxygen atoms in total. The van der Waals surface area contributed by atoms with Gasteiger partial charge in [0, 0.05) is 17.3 Å². The molecule has 0 spiro atoms. The molecule has 0 aliphatic carbocycles. The molecule has 0 radical (unpaired) electrons. The molecule has 6 rings (SSSR count). The highest BCUT2D eigenvalue weighted by molar-refractivity contribution is 6.17. The van der Waals surface area contributed by atoms with Crippen molar-refractivity contribution in [2.75, 3.05) is 6.61 Å². The summed E-state index contributed by atoms with van der Waals surface area (Å²) < 4.78 is 8.68. The Morgan fingerprint density at radius 3 is 2.00 bits per heavy atom. The van der Waals surface area contributed by atoms with Crippen LogP contribution in [0.15, 0.2) is 109 Å². The molecular weight excluding hydrogens is 634 g/mol. The Labute approximate surface area is 300 Å². The van der Waals surface area contributed by atoms with Crippen molar-refractivity contribution in [2.24, 2.45) is 0 Å². The molecule has 262 valence electrons. The lowest BCUT2D eigenvalue weighted by Gasteiger charge is -2.14. The zero-order chi connectivity index (χ0) is 35.6. The predicted molar refractivity (Wildman–Crippen MR) is 205 cm³/mol. The third-order valence-corrected chi connectivity index (χ3v) is 9.80. The lowest BCUT2D eigenvalue weighted by molar-refractivity contribution is 0.0687. The lowest BCUT2D eigenvalue weighted by Crippen LogP contribution is -2.04. The fourth-order valence-corrected chi connectivity index (χ4v) is 7.09. The van der Waals surface area contributed by atoms with Gasteiger partial charge in [-0.1, -0.05) is 105 Å². The van der Waals surface area contributed by atoms with Crippen LogP contribution in [-0.4, -0.2) is 33.3 Å². The molecule has 2 N–H and O–H groups in total. The molecule has 6 aromatic rings. The largest absolute Gasteiger partial charge is 0.494 e. The smallest absolute Gasteiger partial charge is 0.336 e. The number of unbranched alkanes of at least 4 members (excludes halogenated alkanes) is 4. The number of carboxylic acid groups (broad SMARTS) is 2. The summed E-state index contributed by atoms with van der Waals surface area (Å²) in [5.41, 5.74) is 8.60. The Bertz CT molecular complexity index is 2080. The standard InChI is InChI=1S/C45H47NO5/c1-2-3-4-5-9-15-37-29-38(51-28-11-14-33-24-26-36(27-25-33)44(47)48)30-40-42-39(45(49)50)16-10-17-41(42)46(43(37)40)31-35-22-20-34(21-23-35)19-18-32-12-7-6-8-13-32/h6-8,10,12-13,16-17,20-27,29-30H,2-5,9,11,14-15,18-19,28,31H2,1H3,(H,47,48)(H,49,50). The second-order valence-corrected chi connectivity index (χ2v) is 13.5. The van der Waals surface area contributed by atoms with E-state index in [9.17, 15) is 19.8 Å². The monoisotopic (exact) mass is 681 g/mol. The van der Waals surface area contributed by atoms with Gasteiger partial charge in [0.2, 0.25) is 0 Å². The summed E-state index contributed by atoms with van der Waals surface area (Å²) in [5.74, 6) is -1.13. The molecule has 0 atom stereocenters. The summed E-state index contributed by atoms with van der Waals surface area (Å²) in [6.45, 7) is 3.35. The van der Waals surface area contributed by atoms with E-state index >= 15 is 0 Å². The zero-order valence-electron chi connectivity index (χ0n) is 29.4. The van der Waals surface area contributed by atoms with E-state index in [1.54, 1.807) is 18.2 Å². The number of aromatic carboxylic acids is 2. The van der Waals surface area contributed by atoms with Gasteiger partial charge in [0.1, 0.15) is 5.75 Å². The molecule has 0 aliphatic rings. The maximum atomic E-state index is 12.6. The van der Waals surface area contributed by atoms with Gasteiger partial charge in [-0.05, 0) is 103 Å². The van der Waals surface area contributed by atoms with E-state index in [1.165, 1.54) is 41.5 Å². The maximum absolute atomic E-state index is 12.6. The third-order valence-electron chi connectivity index (χ3n) is 9.80. The SMILES string of the molecule is CCCCCCCc1cc(OCCCc2ccc(C(=O)O)cc2)cc2c3c(C(=O)O)cccc3n(Cc3ccc(CCc4ccccc4)cc3)c12. The van der Waals surface area contributed by atoms with Crippen LogP contribution in [0.3, 0.4) is 0 Å². The molecule has 0 saturated heterocycles. The van der Waals surface area contributed by atoms with Crippen LogP contribution in [-0.2, 0) is 32.2 Å². The summed E-state index contributed by atoms with van der Waals surface area (Å²) in [6, 6.07) is 36.1. The first kappa shape index (κ1) is 35.5. The van der Waals surface area contributed by atoms with E-state index in [2.05, 4.69) is 66.1 Å². The minimum atomic E-state index is -0.941. The van der Waals surface area contributed by atoms with E-state index in [0.29, 0.717) is 18.7 Å². The molecule has 5 aromatic carbocycles. The fourth-order valence-electron chi connectivity index (χ4n) is 7.09. The minimum Gasteiger partial charge on any atom is -0.494 e. The van der Waals surface area contributed by atoms with Crippen LogP contribution in [0.25, 0.3) is 21.8 Å². The van der Waals surface area contributed by atoms with Crippen LogP contribution < -0.4 is 4.74 Å².